The molecule has 12 heteroatoms. The fraction of sp³-hybridized carbons (Fsp3) is 0.450. The van der Waals surface area contributed by atoms with Crippen molar-refractivity contribution in [2.45, 2.75) is 19.9 Å². The zero-order chi connectivity index (χ0) is 21.8. The molecule has 4 heterocycles. The maximum absolute atomic E-state index is 12.9. The molecule has 0 spiro atoms. The van der Waals surface area contributed by atoms with Crippen LogP contribution in [0.25, 0.3) is 0 Å². The van der Waals surface area contributed by atoms with Gasteiger partial charge in [0.2, 0.25) is 5.91 Å². The Morgan fingerprint density at radius 2 is 2.12 bits per heavy atom. The van der Waals surface area contributed by atoms with Crippen LogP contribution in [0.1, 0.15) is 16.5 Å². The highest BCUT2D eigenvalue weighted by molar-refractivity contribution is 14.0. The minimum Gasteiger partial charge on any atom is -0.356 e. The van der Waals surface area contributed by atoms with E-state index in [9.17, 15) is 4.79 Å². The first-order chi connectivity index (χ1) is 15.0. The first-order valence-electron chi connectivity index (χ1n) is 10.2. The smallest absolute Gasteiger partial charge is 0.246 e. The first kappa shape index (κ1) is 24.2. The number of piperazine rings is 1. The van der Waals surface area contributed by atoms with E-state index in [0.29, 0.717) is 19.6 Å². The lowest BCUT2D eigenvalue weighted by Gasteiger charge is -2.35. The number of guanidine groups is 1. The van der Waals surface area contributed by atoms with Gasteiger partial charge in [-0.1, -0.05) is 6.07 Å². The van der Waals surface area contributed by atoms with E-state index < -0.39 is 0 Å². The Kier molecular flexibility index (Phi) is 8.23. The molecule has 1 fully saturated rings. The van der Waals surface area contributed by atoms with Crippen molar-refractivity contribution in [3.63, 3.8) is 0 Å². The van der Waals surface area contributed by atoms with Gasteiger partial charge in [-0.2, -0.15) is 5.10 Å². The highest BCUT2D eigenvalue weighted by atomic mass is 127. The predicted molar refractivity (Wildman–Crippen MR) is 135 cm³/mol. The number of halogens is 1. The summed E-state index contributed by atoms with van der Waals surface area (Å²) in [7, 11) is 3.78. The fourth-order valence-electron chi connectivity index (χ4n) is 3.43. The number of hydrogen-bond acceptors (Lipinski definition) is 6. The molecule has 1 amide bonds. The summed E-state index contributed by atoms with van der Waals surface area (Å²) in [6.07, 6.45) is 4.49. The van der Waals surface area contributed by atoms with Gasteiger partial charge in [0, 0.05) is 44.8 Å². The number of thiophene rings is 1. The van der Waals surface area contributed by atoms with Gasteiger partial charge in [0.15, 0.2) is 11.8 Å². The number of carbonyl (C=O) groups is 1. The third kappa shape index (κ3) is 5.65. The molecule has 4 rings (SSSR count). The number of nitrogens with zero attached hydrogens (tertiary/aromatic N) is 8. The topological polar surface area (TPSA) is 96.5 Å². The molecule has 172 valence electrons. The third-order valence-corrected chi connectivity index (χ3v) is 6.25. The van der Waals surface area contributed by atoms with Crippen LogP contribution in [0.5, 0.6) is 0 Å². The number of nitrogens with one attached hydrogen (secondary N) is 1. The van der Waals surface area contributed by atoms with Crippen molar-refractivity contribution in [1.29, 1.82) is 0 Å². The van der Waals surface area contributed by atoms with Crippen molar-refractivity contribution in [2.75, 3.05) is 31.1 Å². The van der Waals surface area contributed by atoms with E-state index >= 15 is 0 Å². The molecule has 10 nitrogen and oxygen atoms in total. The van der Waals surface area contributed by atoms with Gasteiger partial charge in [0.25, 0.3) is 0 Å². The van der Waals surface area contributed by atoms with Crippen LogP contribution >= 0.6 is 35.3 Å². The largest absolute Gasteiger partial charge is 0.356 e. The van der Waals surface area contributed by atoms with Gasteiger partial charge in [-0.05, 0) is 24.8 Å². The van der Waals surface area contributed by atoms with Crippen LogP contribution in [0.15, 0.2) is 34.9 Å². The SMILES string of the molecule is Cc1nnc(CN=C(NCCc2cccs2)N2CCN(c3cnn(C)c3)C(=O)C2)n1C.I. The number of anilines is 1. The van der Waals surface area contributed by atoms with E-state index in [2.05, 4.69) is 38.1 Å². The van der Waals surface area contributed by atoms with Gasteiger partial charge in [-0.25, -0.2) is 4.99 Å². The van der Waals surface area contributed by atoms with Gasteiger partial charge in [-0.3, -0.25) is 9.48 Å². The zero-order valence-electron chi connectivity index (χ0n) is 18.4. The number of rotatable bonds is 6. The third-order valence-electron chi connectivity index (χ3n) is 5.31. The quantitative estimate of drug-likeness (QED) is 0.275. The lowest BCUT2D eigenvalue weighted by Crippen LogP contribution is -2.55. The summed E-state index contributed by atoms with van der Waals surface area (Å²) in [5.74, 6) is 2.38. The standard InChI is InChI=1S/C20H27N9OS.HI/c1-15-24-25-18(27(15)3)12-22-20(21-7-6-17-5-4-10-31-17)28-8-9-29(19(30)14-28)16-11-23-26(2)13-16;/h4-5,10-11,13H,6-9,12,14H2,1-3H3,(H,21,22);1H. The Bertz CT molecular complexity index is 1060. The van der Waals surface area contributed by atoms with E-state index in [-0.39, 0.29) is 36.4 Å². The average Bonchev–Trinajstić information content (AvgIpc) is 3.49. The van der Waals surface area contributed by atoms with Gasteiger partial charge in [-0.15, -0.1) is 45.5 Å². The lowest BCUT2D eigenvalue weighted by atomic mass is 10.3. The molecule has 0 atom stereocenters. The summed E-state index contributed by atoms with van der Waals surface area (Å²) in [5.41, 5.74) is 0.825. The van der Waals surface area contributed by atoms with E-state index in [0.717, 1.165) is 36.3 Å². The molecule has 0 unspecified atom stereocenters. The van der Waals surface area contributed by atoms with Crippen LogP contribution in [-0.4, -0.2) is 67.5 Å². The fourth-order valence-corrected chi connectivity index (χ4v) is 4.14. The van der Waals surface area contributed by atoms with Crippen LogP contribution < -0.4 is 10.2 Å². The molecular formula is C20H28IN9OS. The summed E-state index contributed by atoms with van der Waals surface area (Å²) in [6, 6.07) is 4.18. The zero-order valence-corrected chi connectivity index (χ0v) is 21.6. The summed E-state index contributed by atoms with van der Waals surface area (Å²) in [5, 5.41) is 18.0. The van der Waals surface area contributed by atoms with Gasteiger partial charge < -0.3 is 19.7 Å². The Morgan fingerprint density at radius 1 is 1.28 bits per heavy atom. The molecule has 1 aliphatic rings. The van der Waals surface area contributed by atoms with Crippen LogP contribution in [0.2, 0.25) is 0 Å². The van der Waals surface area contributed by atoms with Crippen molar-refractivity contribution >= 4 is 52.9 Å². The normalized spacial score (nSPS) is 14.6. The average molecular weight is 569 g/mol. The number of aliphatic imine (C=N–C) groups is 1. The molecule has 0 aromatic carbocycles. The van der Waals surface area contributed by atoms with E-state index in [1.807, 2.05) is 36.7 Å². The second-order valence-corrected chi connectivity index (χ2v) is 8.49. The molecule has 0 aliphatic carbocycles. The second-order valence-electron chi connectivity index (χ2n) is 7.46. The summed E-state index contributed by atoms with van der Waals surface area (Å²) in [6.45, 7) is 4.58. The maximum atomic E-state index is 12.9. The van der Waals surface area contributed by atoms with Crippen molar-refractivity contribution in [3.8, 4) is 0 Å². The Morgan fingerprint density at radius 3 is 2.75 bits per heavy atom. The number of hydrogen-bond donors (Lipinski definition) is 1. The molecular weight excluding hydrogens is 541 g/mol. The van der Waals surface area contributed by atoms with E-state index in [4.69, 9.17) is 4.99 Å². The maximum Gasteiger partial charge on any atom is 0.246 e. The monoisotopic (exact) mass is 569 g/mol. The predicted octanol–water partition coefficient (Wildman–Crippen LogP) is 1.57. The molecule has 3 aromatic rings. The molecule has 0 radical (unpaired) electrons. The minimum absolute atomic E-state index is 0. The highest BCUT2D eigenvalue weighted by Crippen LogP contribution is 2.16. The Labute approximate surface area is 208 Å². The second kappa shape index (κ2) is 10.9. The van der Waals surface area contributed by atoms with E-state index in [1.165, 1.54) is 4.88 Å². The van der Waals surface area contributed by atoms with Crippen molar-refractivity contribution < 1.29 is 4.79 Å². The lowest BCUT2D eigenvalue weighted by molar-refractivity contribution is -0.120. The molecule has 1 aliphatic heterocycles. The Hall–Kier alpha value is -2.48. The van der Waals surface area contributed by atoms with E-state index in [1.54, 1.807) is 27.1 Å². The van der Waals surface area contributed by atoms with Crippen LogP contribution in [0, 0.1) is 6.92 Å². The van der Waals surface area contributed by atoms with Gasteiger partial charge in [0.1, 0.15) is 18.9 Å². The molecule has 0 bridgehead atoms. The van der Waals surface area contributed by atoms with Crippen LogP contribution in [0.4, 0.5) is 5.69 Å². The summed E-state index contributed by atoms with van der Waals surface area (Å²) in [4.78, 5) is 22.7. The number of aromatic nitrogens is 5. The summed E-state index contributed by atoms with van der Waals surface area (Å²) < 4.78 is 3.63. The number of amides is 1. The Balaban J connectivity index is 0.00000289. The highest BCUT2D eigenvalue weighted by Gasteiger charge is 2.27. The van der Waals surface area contributed by atoms with Gasteiger partial charge >= 0.3 is 0 Å². The molecule has 32 heavy (non-hydrogen) atoms. The minimum atomic E-state index is 0. The van der Waals surface area contributed by atoms with Crippen molar-refractivity contribution in [1.82, 2.24) is 34.8 Å². The van der Waals surface area contributed by atoms with Crippen molar-refractivity contribution in [3.05, 3.63) is 46.4 Å². The first-order valence-corrected chi connectivity index (χ1v) is 11.1. The van der Waals surface area contributed by atoms with Gasteiger partial charge in [0.05, 0.1) is 11.9 Å². The van der Waals surface area contributed by atoms with Crippen LogP contribution in [-0.2, 0) is 31.9 Å². The van der Waals surface area contributed by atoms with Crippen molar-refractivity contribution in [2.24, 2.45) is 19.1 Å². The number of carbonyl (C=O) groups excluding carboxylic acids is 1. The molecule has 0 saturated carbocycles. The molecule has 1 saturated heterocycles. The molecule has 3 aromatic heterocycles. The number of aryl methyl sites for hydroxylation is 2. The molecule has 1 N–H and O–H groups in total. The summed E-state index contributed by atoms with van der Waals surface area (Å²) >= 11 is 1.74. The van der Waals surface area contributed by atoms with Crippen LogP contribution in [0.3, 0.4) is 0 Å².